The smallest absolute Gasteiger partial charge is 0.0827 e. The predicted molar refractivity (Wildman–Crippen MR) is 80.1 cm³/mol. The van der Waals surface area contributed by atoms with E-state index in [9.17, 15) is 5.11 Å². The van der Waals surface area contributed by atoms with Crippen molar-refractivity contribution in [3.8, 4) is 0 Å². The summed E-state index contributed by atoms with van der Waals surface area (Å²) in [6.45, 7) is 5.57. The highest BCUT2D eigenvalue weighted by atomic mass is 16.3. The lowest BCUT2D eigenvalue weighted by Gasteiger charge is -2.29. The minimum absolute atomic E-state index is 0.293. The maximum atomic E-state index is 10.4. The summed E-state index contributed by atoms with van der Waals surface area (Å²) < 4.78 is 0. The number of benzene rings is 1. The van der Waals surface area contributed by atoms with Crippen LogP contribution in [0, 0.1) is 5.92 Å². The molecule has 2 heteroatoms. The normalized spacial score (nSPS) is 21.4. The molecule has 2 nitrogen and oxygen atoms in total. The largest absolute Gasteiger partial charge is 0.388 e. The number of aliphatic hydroxyl groups excluding tert-OH is 1. The summed E-state index contributed by atoms with van der Waals surface area (Å²) in [7, 11) is 0. The molecule has 2 unspecified atom stereocenters. The van der Waals surface area contributed by atoms with Gasteiger partial charge in [0.25, 0.3) is 0 Å². The fourth-order valence-corrected chi connectivity index (χ4v) is 2.98. The predicted octanol–water partition coefficient (Wildman–Crippen LogP) is 3.62. The van der Waals surface area contributed by atoms with E-state index in [0.29, 0.717) is 5.92 Å². The van der Waals surface area contributed by atoms with E-state index in [2.05, 4.69) is 11.8 Å². The second kappa shape index (κ2) is 7.66. The third kappa shape index (κ3) is 4.63. The highest BCUT2D eigenvalue weighted by Crippen LogP contribution is 2.23. The second-order valence-electron chi connectivity index (χ2n) is 5.90. The van der Waals surface area contributed by atoms with E-state index >= 15 is 0 Å². The summed E-state index contributed by atoms with van der Waals surface area (Å²) in [5.74, 6) is 0.293. The molecule has 1 aliphatic heterocycles. The molecule has 19 heavy (non-hydrogen) atoms. The van der Waals surface area contributed by atoms with Crippen molar-refractivity contribution >= 4 is 0 Å². The Balaban J connectivity index is 1.86. The maximum absolute atomic E-state index is 10.4. The van der Waals surface area contributed by atoms with E-state index in [4.69, 9.17) is 0 Å². The molecule has 0 aliphatic carbocycles. The van der Waals surface area contributed by atoms with Crippen molar-refractivity contribution in [1.29, 1.82) is 0 Å². The lowest BCUT2D eigenvalue weighted by molar-refractivity contribution is 0.0854. The molecule has 1 aromatic carbocycles. The summed E-state index contributed by atoms with van der Waals surface area (Å²) >= 11 is 0. The van der Waals surface area contributed by atoms with Crippen LogP contribution in [0.25, 0.3) is 0 Å². The van der Waals surface area contributed by atoms with Gasteiger partial charge in [0.05, 0.1) is 6.10 Å². The van der Waals surface area contributed by atoms with Crippen LogP contribution in [0.2, 0.25) is 0 Å². The molecule has 1 saturated heterocycles. The van der Waals surface area contributed by atoms with Crippen LogP contribution in [-0.2, 0) is 0 Å². The minimum Gasteiger partial charge on any atom is -0.388 e. The number of rotatable bonds is 4. The molecule has 0 bridgehead atoms. The molecule has 2 rings (SSSR count). The first-order valence-corrected chi connectivity index (χ1v) is 7.73. The van der Waals surface area contributed by atoms with Gasteiger partial charge in [-0.3, -0.25) is 0 Å². The summed E-state index contributed by atoms with van der Waals surface area (Å²) in [6, 6.07) is 10.0. The topological polar surface area (TPSA) is 23.5 Å². The Labute approximate surface area is 117 Å². The van der Waals surface area contributed by atoms with Crippen molar-refractivity contribution in [3.05, 3.63) is 35.9 Å². The average Bonchev–Trinajstić information content (AvgIpc) is 2.41. The van der Waals surface area contributed by atoms with Gasteiger partial charge in [-0.25, -0.2) is 0 Å². The van der Waals surface area contributed by atoms with Crippen LogP contribution in [0.1, 0.15) is 50.7 Å². The highest BCUT2D eigenvalue weighted by molar-refractivity contribution is 5.17. The van der Waals surface area contributed by atoms with Crippen molar-refractivity contribution in [1.82, 2.24) is 4.90 Å². The summed E-state index contributed by atoms with van der Waals surface area (Å²) in [5, 5.41) is 10.4. The Morgan fingerprint density at radius 1 is 1.00 bits per heavy atom. The molecular weight excluding hydrogens is 234 g/mol. The Bertz CT molecular complexity index is 344. The zero-order valence-corrected chi connectivity index (χ0v) is 12.1. The van der Waals surface area contributed by atoms with E-state index < -0.39 is 0 Å². The zero-order chi connectivity index (χ0) is 13.5. The molecule has 0 spiro atoms. The molecule has 1 aromatic rings. The molecule has 1 N–H and O–H groups in total. The number of hydrogen-bond donors (Lipinski definition) is 1. The lowest BCUT2D eigenvalue weighted by atomic mass is 9.96. The first kappa shape index (κ1) is 14.5. The van der Waals surface area contributed by atoms with Crippen LogP contribution in [0.4, 0.5) is 0 Å². The van der Waals surface area contributed by atoms with Crippen molar-refractivity contribution in [2.24, 2.45) is 5.92 Å². The SMILES string of the molecule is CC(CN1CCCCCCC1)C(O)c1ccccc1. The van der Waals surface area contributed by atoms with E-state index in [1.165, 1.54) is 45.2 Å². The van der Waals surface area contributed by atoms with Crippen LogP contribution in [-0.4, -0.2) is 29.6 Å². The fourth-order valence-electron chi connectivity index (χ4n) is 2.98. The standard InChI is InChI=1S/C17H27NO/c1-15(17(19)16-10-6-5-7-11-16)14-18-12-8-3-2-4-9-13-18/h5-7,10-11,15,17,19H,2-4,8-9,12-14H2,1H3. The molecule has 0 amide bonds. The first-order chi connectivity index (χ1) is 9.27. The van der Waals surface area contributed by atoms with E-state index in [0.717, 1.165) is 12.1 Å². The fraction of sp³-hybridized carbons (Fsp3) is 0.647. The third-order valence-corrected chi connectivity index (χ3v) is 4.17. The van der Waals surface area contributed by atoms with E-state index in [-0.39, 0.29) is 6.10 Å². The van der Waals surface area contributed by atoms with Gasteiger partial charge in [-0.15, -0.1) is 0 Å². The summed E-state index contributed by atoms with van der Waals surface area (Å²) in [6.07, 6.45) is 6.42. The van der Waals surface area contributed by atoms with Gasteiger partial charge < -0.3 is 10.0 Å². The van der Waals surface area contributed by atoms with Crippen LogP contribution in [0.15, 0.2) is 30.3 Å². The lowest BCUT2D eigenvalue weighted by Crippen LogP contribution is -2.33. The van der Waals surface area contributed by atoms with Crippen molar-refractivity contribution < 1.29 is 5.11 Å². The van der Waals surface area contributed by atoms with Crippen molar-refractivity contribution in [2.75, 3.05) is 19.6 Å². The van der Waals surface area contributed by atoms with Gasteiger partial charge in [0.1, 0.15) is 0 Å². The maximum Gasteiger partial charge on any atom is 0.0827 e. The Morgan fingerprint density at radius 3 is 2.21 bits per heavy atom. The molecule has 2 atom stereocenters. The number of likely N-dealkylation sites (tertiary alicyclic amines) is 1. The quantitative estimate of drug-likeness (QED) is 0.895. The second-order valence-corrected chi connectivity index (χ2v) is 5.90. The molecule has 1 heterocycles. The highest BCUT2D eigenvalue weighted by Gasteiger charge is 2.19. The van der Waals surface area contributed by atoms with Crippen LogP contribution < -0.4 is 0 Å². The molecular formula is C17H27NO. The van der Waals surface area contributed by atoms with Gasteiger partial charge in [-0.05, 0) is 37.4 Å². The third-order valence-electron chi connectivity index (χ3n) is 4.17. The molecule has 1 fully saturated rings. The number of nitrogens with zero attached hydrogens (tertiary/aromatic N) is 1. The number of aliphatic hydroxyl groups is 1. The monoisotopic (exact) mass is 261 g/mol. The zero-order valence-electron chi connectivity index (χ0n) is 12.1. The molecule has 0 saturated carbocycles. The Morgan fingerprint density at radius 2 is 1.58 bits per heavy atom. The van der Waals surface area contributed by atoms with Crippen LogP contribution in [0.3, 0.4) is 0 Å². The van der Waals surface area contributed by atoms with Gasteiger partial charge in [0.2, 0.25) is 0 Å². The van der Waals surface area contributed by atoms with Crippen molar-refractivity contribution in [2.45, 2.75) is 45.1 Å². The summed E-state index contributed by atoms with van der Waals surface area (Å²) in [5.41, 5.74) is 1.04. The average molecular weight is 261 g/mol. The van der Waals surface area contributed by atoms with Gasteiger partial charge in [0.15, 0.2) is 0 Å². The Kier molecular flexibility index (Phi) is 5.87. The first-order valence-electron chi connectivity index (χ1n) is 7.73. The van der Waals surface area contributed by atoms with Gasteiger partial charge in [-0.2, -0.15) is 0 Å². The van der Waals surface area contributed by atoms with Gasteiger partial charge in [-0.1, -0.05) is 56.5 Å². The van der Waals surface area contributed by atoms with Gasteiger partial charge >= 0.3 is 0 Å². The molecule has 106 valence electrons. The Hall–Kier alpha value is -0.860. The van der Waals surface area contributed by atoms with E-state index in [1.807, 2.05) is 30.3 Å². The molecule has 0 radical (unpaired) electrons. The number of hydrogen-bond acceptors (Lipinski definition) is 2. The molecule has 0 aromatic heterocycles. The summed E-state index contributed by atoms with van der Waals surface area (Å²) in [4.78, 5) is 2.54. The van der Waals surface area contributed by atoms with Crippen molar-refractivity contribution in [3.63, 3.8) is 0 Å². The van der Waals surface area contributed by atoms with Gasteiger partial charge in [0, 0.05) is 6.54 Å². The van der Waals surface area contributed by atoms with Crippen LogP contribution in [0.5, 0.6) is 0 Å². The van der Waals surface area contributed by atoms with Crippen LogP contribution >= 0.6 is 0 Å². The minimum atomic E-state index is -0.341. The molecule has 1 aliphatic rings. The van der Waals surface area contributed by atoms with E-state index in [1.54, 1.807) is 0 Å².